The van der Waals surface area contributed by atoms with Gasteiger partial charge < -0.3 is 10.0 Å². The highest BCUT2D eigenvalue weighted by atomic mass is 35.5. The maximum absolute atomic E-state index is 9.50. The Morgan fingerprint density at radius 3 is 2.28 bits per heavy atom. The van der Waals surface area contributed by atoms with Gasteiger partial charge in [0.2, 0.25) is 0 Å². The first-order valence-electron chi connectivity index (χ1n) is 5.79. The lowest BCUT2D eigenvalue weighted by molar-refractivity contribution is 0.282. The second-order valence-electron chi connectivity index (χ2n) is 4.40. The molecule has 2 rings (SSSR count). The van der Waals surface area contributed by atoms with Crippen molar-refractivity contribution >= 4 is 17.3 Å². The molecule has 3 heteroatoms. The van der Waals surface area contributed by atoms with Gasteiger partial charge in [-0.1, -0.05) is 29.8 Å². The Kier molecular flexibility index (Phi) is 3.90. The van der Waals surface area contributed by atoms with Crippen molar-refractivity contribution in [3.63, 3.8) is 0 Å². The number of aliphatic hydroxyl groups excluding tert-OH is 1. The van der Waals surface area contributed by atoms with Gasteiger partial charge in [0, 0.05) is 24.8 Å². The van der Waals surface area contributed by atoms with E-state index in [2.05, 4.69) is 0 Å². The van der Waals surface area contributed by atoms with Crippen molar-refractivity contribution in [2.75, 3.05) is 19.0 Å². The summed E-state index contributed by atoms with van der Waals surface area (Å²) in [6.07, 6.45) is 0. The first-order valence-corrected chi connectivity index (χ1v) is 6.16. The van der Waals surface area contributed by atoms with E-state index >= 15 is 0 Å². The highest BCUT2D eigenvalue weighted by Crippen LogP contribution is 2.28. The Morgan fingerprint density at radius 1 is 1.06 bits per heavy atom. The molecule has 0 aliphatic rings. The SMILES string of the molecule is CN(C)c1ccc(-c2ccc(Cl)cc2)c(CO)c1. The number of aliphatic hydroxyl groups is 1. The monoisotopic (exact) mass is 261 g/mol. The maximum Gasteiger partial charge on any atom is 0.0688 e. The molecule has 18 heavy (non-hydrogen) atoms. The minimum atomic E-state index is 0.0274. The number of anilines is 1. The van der Waals surface area contributed by atoms with Gasteiger partial charge in [-0.15, -0.1) is 0 Å². The lowest BCUT2D eigenvalue weighted by Gasteiger charge is -2.16. The van der Waals surface area contributed by atoms with Crippen LogP contribution >= 0.6 is 11.6 Å². The minimum absolute atomic E-state index is 0.0274. The fourth-order valence-corrected chi connectivity index (χ4v) is 2.03. The number of nitrogens with zero attached hydrogens (tertiary/aromatic N) is 1. The van der Waals surface area contributed by atoms with Gasteiger partial charge in [-0.25, -0.2) is 0 Å². The molecular formula is C15H16ClNO. The van der Waals surface area contributed by atoms with Crippen LogP contribution in [0.3, 0.4) is 0 Å². The quantitative estimate of drug-likeness (QED) is 0.913. The molecule has 0 radical (unpaired) electrons. The summed E-state index contributed by atoms with van der Waals surface area (Å²) in [6, 6.07) is 13.7. The molecule has 0 aliphatic carbocycles. The van der Waals surface area contributed by atoms with Crippen LogP contribution in [0.25, 0.3) is 11.1 Å². The maximum atomic E-state index is 9.50. The number of hydrogen-bond acceptors (Lipinski definition) is 2. The van der Waals surface area contributed by atoms with Gasteiger partial charge in [-0.2, -0.15) is 0 Å². The number of hydrogen-bond donors (Lipinski definition) is 1. The number of halogens is 1. The largest absolute Gasteiger partial charge is 0.392 e. The van der Waals surface area contributed by atoms with E-state index in [-0.39, 0.29) is 6.61 Å². The van der Waals surface area contributed by atoms with E-state index in [1.54, 1.807) is 0 Å². The van der Waals surface area contributed by atoms with Crippen molar-refractivity contribution in [3.05, 3.63) is 53.1 Å². The van der Waals surface area contributed by atoms with Gasteiger partial charge in [-0.3, -0.25) is 0 Å². The zero-order valence-electron chi connectivity index (χ0n) is 10.5. The Bertz CT molecular complexity index is 535. The van der Waals surface area contributed by atoms with Gasteiger partial charge in [0.1, 0.15) is 0 Å². The minimum Gasteiger partial charge on any atom is -0.392 e. The lowest BCUT2D eigenvalue weighted by atomic mass is 9.99. The Morgan fingerprint density at radius 2 is 1.72 bits per heavy atom. The molecule has 0 fully saturated rings. The predicted octanol–water partition coefficient (Wildman–Crippen LogP) is 3.57. The van der Waals surface area contributed by atoms with Gasteiger partial charge in [0.05, 0.1) is 6.61 Å². The summed E-state index contributed by atoms with van der Waals surface area (Å²) in [5.41, 5.74) is 4.11. The predicted molar refractivity (Wildman–Crippen MR) is 77.1 cm³/mol. The molecule has 0 heterocycles. The molecule has 0 aliphatic heterocycles. The fourth-order valence-electron chi connectivity index (χ4n) is 1.90. The molecule has 0 spiro atoms. The van der Waals surface area contributed by atoms with Crippen LogP contribution in [0, 0.1) is 0 Å². The van der Waals surface area contributed by atoms with E-state index in [0.29, 0.717) is 5.02 Å². The summed E-state index contributed by atoms with van der Waals surface area (Å²) in [4.78, 5) is 2.02. The molecule has 0 atom stereocenters. The highest BCUT2D eigenvalue weighted by molar-refractivity contribution is 6.30. The Labute approximate surface area is 112 Å². The van der Waals surface area contributed by atoms with E-state index in [1.165, 1.54) is 0 Å². The van der Waals surface area contributed by atoms with E-state index in [9.17, 15) is 5.11 Å². The van der Waals surface area contributed by atoms with Crippen LogP contribution in [0.5, 0.6) is 0 Å². The second-order valence-corrected chi connectivity index (χ2v) is 4.84. The average molecular weight is 262 g/mol. The molecule has 2 nitrogen and oxygen atoms in total. The van der Waals surface area contributed by atoms with Crippen LogP contribution in [0.1, 0.15) is 5.56 Å². The first-order chi connectivity index (χ1) is 8.61. The van der Waals surface area contributed by atoms with Crippen LogP contribution in [0.2, 0.25) is 5.02 Å². The topological polar surface area (TPSA) is 23.5 Å². The standard InChI is InChI=1S/C15H16ClNO/c1-17(2)14-7-8-15(12(9-14)10-18)11-3-5-13(16)6-4-11/h3-9,18H,10H2,1-2H3. The van der Waals surface area contributed by atoms with Crippen molar-refractivity contribution in [1.29, 1.82) is 0 Å². The number of benzene rings is 2. The summed E-state index contributed by atoms with van der Waals surface area (Å²) >= 11 is 5.88. The first kappa shape index (κ1) is 12.9. The van der Waals surface area contributed by atoms with Crippen LogP contribution in [0.4, 0.5) is 5.69 Å². The fraction of sp³-hybridized carbons (Fsp3) is 0.200. The van der Waals surface area contributed by atoms with Crippen LogP contribution in [0.15, 0.2) is 42.5 Å². The van der Waals surface area contributed by atoms with Crippen LogP contribution < -0.4 is 4.90 Å². The third-order valence-electron chi connectivity index (χ3n) is 2.93. The highest BCUT2D eigenvalue weighted by Gasteiger charge is 2.06. The molecule has 0 aromatic heterocycles. The van der Waals surface area contributed by atoms with Crippen LogP contribution in [-0.4, -0.2) is 19.2 Å². The number of rotatable bonds is 3. The van der Waals surface area contributed by atoms with Crippen molar-refractivity contribution in [1.82, 2.24) is 0 Å². The normalized spacial score (nSPS) is 10.4. The van der Waals surface area contributed by atoms with Crippen molar-refractivity contribution in [3.8, 4) is 11.1 Å². The Hall–Kier alpha value is -1.51. The van der Waals surface area contributed by atoms with Gasteiger partial charge in [-0.05, 0) is 41.0 Å². The van der Waals surface area contributed by atoms with E-state index < -0.39 is 0 Å². The van der Waals surface area contributed by atoms with Crippen LogP contribution in [-0.2, 0) is 6.61 Å². The lowest BCUT2D eigenvalue weighted by Crippen LogP contribution is -2.09. The second kappa shape index (κ2) is 5.42. The third kappa shape index (κ3) is 2.66. The third-order valence-corrected chi connectivity index (χ3v) is 3.18. The molecule has 0 saturated heterocycles. The summed E-state index contributed by atoms with van der Waals surface area (Å²) in [7, 11) is 3.97. The molecule has 1 N–H and O–H groups in total. The van der Waals surface area contributed by atoms with Gasteiger partial charge in [0.15, 0.2) is 0 Å². The molecule has 94 valence electrons. The zero-order valence-corrected chi connectivity index (χ0v) is 11.3. The zero-order chi connectivity index (χ0) is 13.1. The Balaban J connectivity index is 2.47. The summed E-state index contributed by atoms with van der Waals surface area (Å²) in [6.45, 7) is 0.0274. The van der Waals surface area contributed by atoms with Gasteiger partial charge in [0.25, 0.3) is 0 Å². The molecule has 0 unspecified atom stereocenters. The molecule has 2 aromatic rings. The molecule has 2 aromatic carbocycles. The smallest absolute Gasteiger partial charge is 0.0688 e. The van der Waals surface area contributed by atoms with E-state index in [1.807, 2.05) is 61.5 Å². The summed E-state index contributed by atoms with van der Waals surface area (Å²) < 4.78 is 0. The molecular weight excluding hydrogens is 246 g/mol. The molecule has 0 amide bonds. The molecule has 0 bridgehead atoms. The molecule has 0 saturated carbocycles. The average Bonchev–Trinajstić information content (AvgIpc) is 2.39. The van der Waals surface area contributed by atoms with Crippen molar-refractivity contribution in [2.45, 2.75) is 6.61 Å². The summed E-state index contributed by atoms with van der Waals surface area (Å²) in [5.74, 6) is 0. The summed E-state index contributed by atoms with van der Waals surface area (Å²) in [5, 5.41) is 10.2. The van der Waals surface area contributed by atoms with Crippen molar-refractivity contribution < 1.29 is 5.11 Å². The van der Waals surface area contributed by atoms with E-state index in [0.717, 1.165) is 22.4 Å². The van der Waals surface area contributed by atoms with Crippen molar-refractivity contribution in [2.24, 2.45) is 0 Å². The van der Waals surface area contributed by atoms with E-state index in [4.69, 9.17) is 11.6 Å². The van der Waals surface area contributed by atoms with Gasteiger partial charge >= 0.3 is 0 Å².